The second-order valence-corrected chi connectivity index (χ2v) is 26.4. The Hall–Kier alpha value is -8.21. The summed E-state index contributed by atoms with van der Waals surface area (Å²) >= 11 is 14.9. The van der Waals surface area contributed by atoms with Gasteiger partial charge < -0.3 is 27.0 Å². The number of nitriles is 3. The van der Waals surface area contributed by atoms with E-state index < -0.39 is 87.5 Å². The molecule has 5 aromatic carbocycles. The molecule has 544 valence electrons. The zero-order chi connectivity index (χ0) is 78.2. The van der Waals surface area contributed by atoms with Crippen molar-refractivity contribution in [3.8, 4) is 24.1 Å². The smallest absolute Gasteiger partial charge is 0.416 e. The molecule has 1 atom stereocenters. The molecule has 2 heterocycles. The highest BCUT2D eigenvalue weighted by Gasteiger charge is 2.51. The molecule has 0 bridgehead atoms. The summed E-state index contributed by atoms with van der Waals surface area (Å²) in [5, 5.41) is 43.9. The number of nitrogens with zero attached hydrogens (tertiary/aromatic N) is 5. The van der Waals surface area contributed by atoms with E-state index >= 15 is 0 Å². The lowest BCUT2D eigenvalue weighted by molar-refractivity contribution is -0.138. The number of ether oxygens (including phenoxy) is 1. The predicted octanol–water partition coefficient (Wildman–Crippen LogP) is 19.4. The van der Waals surface area contributed by atoms with Gasteiger partial charge in [0.1, 0.15) is 29.4 Å². The van der Waals surface area contributed by atoms with E-state index in [0.29, 0.717) is 28.6 Å². The molecule has 6 aromatic rings. The average molecular weight is 1760 g/mol. The number of allylic oxidation sites excluding steroid dienone is 4. The lowest BCUT2D eigenvalue weighted by atomic mass is 9.61. The summed E-state index contributed by atoms with van der Waals surface area (Å²) < 4.78 is 197. The topological polar surface area (TPSA) is 288 Å². The molecule has 0 radical (unpaired) electrons. The van der Waals surface area contributed by atoms with E-state index in [0.717, 1.165) is 65.7 Å². The summed E-state index contributed by atoms with van der Waals surface area (Å²) in [5.41, 5.74) is 12.0. The third-order valence-corrected chi connectivity index (χ3v) is 15.6. The number of primary amides is 1. The van der Waals surface area contributed by atoms with Gasteiger partial charge in [0.15, 0.2) is 5.78 Å². The van der Waals surface area contributed by atoms with Crippen LogP contribution < -0.4 is 21.9 Å². The van der Waals surface area contributed by atoms with Crippen LogP contribution in [0.2, 0.25) is 0 Å². The summed E-state index contributed by atoms with van der Waals surface area (Å²) in [7, 11) is 2.57. The Labute approximate surface area is 609 Å². The molecule has 36 heteroatoms. The molecule has 1 aliphatic rings. The number of aromatic carboxylic acids is 1. The number of hydrogen-bond acceptors (Lipinski definition) is 12. The normalized spacial score (nSPS) is 13.6. The predicted molar refractivity (Wildman–Crippen MR) is 357 cm³/mol. The number of benzene rings is 5. The number of carboxylic acids is 1. The highest BCUT2D eigenvalue weighted by molar-refractivity contribution is 9.11. The van der Waals surface area contributed by atoms with Crippen LogP contribution in [-0.2, 0) is 45.9 Å². The lowest BCUT2D eigenvalue weighted by Gasteiger charge is -2.41. The van der Waals surface area contributed by atoms with Gasteiger partial charge in [0.2, 0.25) is 17.7 Å². The number of carboxylic acid groups (broad SMARTS) is 1. The first-order chi connectivity index (χ1) is 46.1. The molecule has 0 saturated carbocycles. The number of aromatic nitrogens is 2. The first-order valence-corrected chi connectivity index (χ1v) is 32.0. The van der Waals surface area contributed by atoms with Gasteiger partial charge in [-0.2, -0.15) is 81.6 Å². The largest absolute Gasteiger partial charge is 0.478 e. The Morgan fingerprint density at radius 3 is 1.31 bits per heavy atom. The van der Waals surface area contributed by atoms with Gasteiger partial charge in [-0.1, -0.05) is 121 Å². The van der Waals surface area contributed by atoms with Gasteiger partial charge >= 0.3 is 36.9 Å². The Morgan fingerprint density at radius 1 is 0.604 bits per heavy atom. The minimum atomic E-state index is -4.54. The number of fused-ring (bicyclic) bond motifs is 1. The van der Waals surface area contributed by atoms with E-state index in [-0.39, 0.29) is 91.1 Å². The Morgan fingerprint density at radius 2 is 0.970 bits per heavy atom. The number of ketones is 1. The highest BCUT2D eigenvalue weighted by atomic mass is 79.9. The molecule has 2 amide bonds. The standard InChI is InChI=1S/C18H16BrF3N4O.C14H10BrF3N2.C11H10BrF3O.C10H9BrF3NO2.C8H4BrF3O2.C4H8N2O/c1-8(2)17(10-4-11(18(20,21)22)6-12(19)5-10)13(7-23)15(24)27-16-14(17)9(3)25-26-16;1-8(2)13(10(6-19)7-20)9-3-11(14(16,17)18)5-12(15)4-9;1-6(2)10(16)7-3-8(11(13,14)15)5-9(12)4-7;1-15(17-2)9(16)6-3-7(10(12,13)14)5-8(11)4-6;9-6-2-4(7(13)14)1-5(3-6)8(10,11)12;1-3(5)2-4(6)7/h4-6,8H,24H2,1-3H3,(H,25,26);3-5,8H,1-2H3;3-6H,1-2H3;3-5H,1-2H3;1-3H,(H,13,14);2H,5H2,1H3,(H2,6,7). The van der Waals surface area contributed by atoms with Gasteiger partial charge in [-0.05, 0) is 133 Å². The Bertz CT molecular complexity index is 4240. The van der Waals surface area contributed by atoms with Crippen molar-refractivity contribution < 1.29 is 99.7 Å². The number of H-pyrrole nitrogens is 1. The molecule has 101 heavy (non-hydrogen) atoms. The van der Waals surface area contributed by atoms with Crippen molar-refractivity contribution in [2.75, 3.05) is 14.2 Å². The van der Waals surface area contributed by atoms with Crippen LogP contribution in [0.25, 0.3) is 5.57 Å². The second kappa shape index (κ2) is 36.6. The van der Waals surface area contributed by atoms with Crippen LogP contribution in [0.3, 0.4) is 0 Å². The molecule has 0 aliphatic carbocycles. The summed E-state index contributed by atoms with van der Waals surface area (Å²) in [6.07, 6.45) is -21.3. The van der Waals surface area contributed by atoms with Crippen LogP contribution in [0.5, 0.6) is 5.88 Å². The summed E-state index contributed by atoms with van der Waals surface area (Å²) in [6, 6.07) is 21.3. The Kier molecular flexibility index (Phi) is 32.2. The van der Waals surface area contributed by atoms with Crippen molar-refractivity contribution in [3.05, 3.63) is 209 Å². The average Bonchev–Trinajstić information content (AvgIpc) is 1.70. The number of carbonyl (C=O) groups excluding carboxylic acids is 3. The minimum Gasteiger partial charge on any atom is -0.478 e. The fourth-order valence-electron chi connectivity index (χ4n) is 9.04. The van der Waals surface area contributed by atoms with Crippen molar-refractivity contribution in [3.63, 3.8) is 0 Å². The maximum absolute atomic E-state index is 13.4. The molecule has 0 fully saturated rings. The van der Waals surface area contributed by atoms with Crippen molar-refractivity contribution in [1.82, 2.24) is 15.3 Å². The number of aromatic amines is 1. The van der Waals surface area contributed by atoms with E-state index in [2.05, 4.69) is 101 Å². The van der Waals surface area contributed by atoms with Crippen molar-refractivity contribution in [2.24, 2.45) is 35.0 Å². The molecule has 1 aliphatic heterocycles. The molecular formula is C65H57Br5F15N9O7. The third kappa shape index (κ3) is 25.4. The zero-order valence-corrected chi connectivity index (χ0v) is 61.8. The van der Waals surface area contributed by atoms with Crippen LogP contribution in [0.1, 0.15) is 130 Å². The number of rotatable bonds is 10. The van der Waals surface area contributed by atoms with Gasteiger partial charge in [0, 0.05) is 63.9 Å². The monoisotopic (exact) mass is 1760 g/mol. The minimum absolute atomic E-state index is 0.0562. The number of halogens is 20. The maximum Gasteiger partial charge on any atom is 0.416 e. The van der Waals surface area contributed by atoms with Crippen LogP contribution in [0.15, 0.2) is 142 Å². The number of carbonyl (C=O) groups is 4. The number of nitrogens with two attached hydrogens (primary N) is 3. The first-order valence-electron chi connectivity index (χ1n) is 28.0. The molecule has 7 rings (SSSR count). The molecule has 1 unspecified atom stereocenters. The fourth-order valence-corrected chi connectivity index (χ4v) is 11.5. The number of nitrogens with one attached hydrogen (secondary N) is 1. The maximum atomic E-state index is 13.4. The van der Waals surface area contributed by atoms with Crippen molar-refractivity contribution in [2.45, 2.75) is 91.7 Å². The van der Waals surface area contributed by atoms with Gasteiger partial charge in [0.05, 0.1) is 51.5 Å². The lowest BCUT2D eigenvalue weighted by Crippen LogP contribution is -2.41. The number of alkyl halides is 15. The van der Waals surface area contributed by atoms with Gasteiger partial charge in [0.25, 0.3) is 5.91 Å². The van der Waals surface area contributed by atoms with Gasteiger partial charge in [-0.3, -0.25) is 24.3 Å². The zero-order valence-electron chi connectivity index (χ0n) is 53.9. The van der Waals surface area contributed by atoms with E-state index in [1.165, 1.54) is 38.4 Å². The van der Waals surface area contributed by atoms with Crippen molar-refractivity contribution >= 4 is 109 Å². The summed E-state index contributed by atoms with van der Waals surface area (Å²) in [4.78, 5) is 48.1. The van der Waals surface area contributed by atoms with E-state index in [4.69, 9.17) is 37.6 Å². The number of hydroxylamine groups is 2. The number of Topliss-reactive ketones (excluding diaryl/α,β-unsaturated/α-hetero) is 1. The second-order valence-electron chi connectivity index (χ2n) is 21.8. The van der Waals surface area contributed by atoms with E-state index in [1.807, 2.05) is 13.8 Å². The molecule has 8 N–H and O–H groups in total. The third-order valence-electron chi connectivity index (χ3n) is 13.3. The molecule has 0 spiro atoms. The SMILES string of the molecule is CC(C)C(=C(C#N)C#N)c1cc(Br)cc(C(F)(F)F)c1.CC(C)C(=O)c1cc(Br)cc(C(F)(F)F)c1.CC(N)=CC(N)=O.CON(C)C(=O)c1cc(Br)cc(C(F)(F)F)c1.Cc1[nH]nc2c1C(c1cc(Br)cc(C(F)(F)F)c1)(C(C)C)C(C#N)=C(N)O2.O=C(O)c1cc(Br)cc(C(F)(F)F)c1. The number of amides is 2. The molecule has 16 nitrogen and oxygen atoms in total. The van der Waals surface area contributed by atoms with Crippen LogP contribution in [-0.4, -0.2) is 58.1 Å². The van der Waals surface area contributed by atoms with E-state index in [9.17, 15) is 90.3 Å². The fraction of sp³-hybridized carbons (Fsp3) is 0.292. The highest BCUT2D eigenvalue weighted by Crippen LogP contribution is 2.54. The Balaban J connectivity index is 0.000000426. The quantitative estimate of drug-likeness (QED) is 0.0281. The van der Waals surface area contributed by atoms with Crippen LogP contribution in [0, 0.1) is 58.7 Å². The molecular weight excluding hydrogens is 1700 g/mol. The van der Waals surface area contributed by atoms with Gasteiger partial charge in [-0.15, -0.1) is 5.10 Å². The number of aryl methyl sites for hydroxylation is 1. The van der Waals surface area contributed by atoms with Crippen LogP contribution >= 0.6 is 79.6 Å². The van der Waals surface area contributed by atoms with Crippen molar-refractivity contribution in [1.29, 1.82) is 15.8 Å². The van der Waals surface area contributed by atoms with Crippen LogP contribution in [0.4, 0.5) is 65.9 Å². The number of hydrogen-bond donors (Lipinski definition) is 5. The molecule has 0 saturated heterocycles. The first kappa shape index (κ1) is 88.9. The summed E-state index contributed by atoms with van der Waals surface area (Å²) in [6.45, 7) is 13.7. The van der Waals surface area contributed by atoms with E-state index in [1.54, 1.807) is 59.7 Å². The van der Waals surface area contributed by atoms with Gasteiger partial charge in [-0.25, -0.2) is 9.86 Å². The molecule has 1 aromatic heterocycles. The summed E-state index contributed by atoms with van der Waals surface area (Å²) in [5.74, 6) is -3.75.